The maximum atomic E-state index is 13.2. The van der Waals surface area contributed by atoms with Crippen molar-refractivity contribution in [3.05, 3.63) is 88.5 Å². The number of rotatable bonds is 7. The number of hydrogen-bond donors (Lipinski definition) is 1. The highest BCUT2D eigenvalue weighted by atomic mass is 32.2. The molecule has 0 bridgehead atoms. The Morgan fingerprint density at radius 1 is 1.14 bits per heavy atom. The van der Waals surface area contributed by atoms with E-state index in [4.69, 9.17) is 0 Å². The Kier molecular flexibility index (Phi) is 6.88. The third-order valence-corrected chi connectivity index (χ3v) is 5.68. The van der Waals surface area contributed by atoms with Crippen molar-refractivity contribution >= 4 is 23.9 Å². The van der Waals surface area contributed by atoms with Crippen molar-refractivity contribution in [2.24, 2.45) is 5.10 Å². The fourth-order valence-corrected chi connectivity index (χ4v) is 4.03. The van der Waals surface area contributed by atoms with E-state index >= 15 is 0 Å². The van der Waals surface area contributed by atoms with Crippen LogP contribution in [0.5, 0.6) is 0 Å². The van der Waals surface area contributed by atoms with Gasteiger partial charge in [0.15, 0.2) is 0 Å². The van der Waals surface area contributed by atoms with E-state index in [9.17, 15) is 9.18 Å². The second-order valence-electron chi connectivity index (χ2n) is 6.85. The molecule has 0 fully saturated rings. The molecule has 4 nitrogen and oxygen atoms in total. The monoisotopic (exact) mass is 409 g/mol. The Bertz CT molecular complexity index is 1030. The molecule has 1 N–H and O–H groups in total. The van der Waals surface area contributed by atoms with Crippen LogP contribution in [0.4, 0.5) is 4.39 Å². The smallest absolute Gasteiger partial charge is 0.250 e. The van der Waals surface area contributed by atoms with Crippen LogP contribution in [-0.4, -0.2) is 22.4 Å². The van der Waals surface area contributed by atoms with Gasteiger partial charge >= 0.3 is 0 Å². The van der Waals surface area contributed by atoms with Gasteiger partial charge in [-0.1, -0.05) is 24.3 Å². The molecule has 0 saturated heterocycles. The average molecular weight is 410 g/mol. The van der Waals surface area contributed by atoms with Gasteiger partial charge in [-0.3, -0.25) is 4.79 Å². The van der Waals surface area contributed by atoms with E-state index in [1.165, 1.54) is 23.3 Å². The molecule has 3 rings (SSSR count). The first-order chi connectivity index (χ1) is 14.0. The molecule has 0 aliphatic carbocycles. The summed E-state index contributed by atoms with van der Waals surface area (Å²) in [6, 6.07) is 16.5. The van der Waals surface area contributed by atoms with Crippen LogP contribution < -0.4 is 5.43 Å². The third kappa shape index (κ3) is 5.35. The maximum Gasteiger partial charge on any atom is 0.250 e. The van der Waals surface area contributed by atoms with Gasteiger partial charge in [0.25, 0.3) is 0 Å². The third-order valence-electron chi connectivity index (χ3n) is 4.70. The number of amides is 1. The Morgan fingerprint density at radius 3 is 2.59 bits per heavy atom. The van der Waals surface area contributed by atoms with E-state index in [1.807, 2.05) is 36.6 Å². The van der Waals surface area contributed by atoms with Crippen molar-refractivity contribution in [1.29, 1.82) is 0 Å². The molecule has 150 valence electrons. The first-order valence-corrected chi connectivity index (χ1v) is 10.5. The molecule has 0 atom stereocenters. The summed E-state index contributed by atoms with van der Waals surface area (Å²) in [6.45, 7) is 6.02. The minimum atomic E-state index is -0.263. The quantitative estimate of drug-likeness (QED) is 0.444. The number of thioether (sulfide) groups is 1. The van der Waals surface area contributed by atoms with E-state index in [2.05, 4.69) is 29.6 Å². The van der Waals surface area contributed by atoms with E-state index < -0.39 is 0 Å². The van der Waals surface area contributed by atoms with Crippen molar-refractivity contribution in [3.8, 4) is 5.69 Å². The number of halogens is 1. The van der Waals surface area contributed by atoms with E-state index in [0.717, 1.165) is 28.4 Å². The summed E-state index contributed by atoms with van der Waals surface area (Å²) in [6.07, 6.45) is 1.65. The zero-order chi connectivity index (χ0) is 20.8. The van der Waals surface area contributed by atoms with Gasteiger partial charge in [0.05, 0.1) is 12.0 Å². The van der Waals surface area contributed by atoms with Crippen molar-refractivity contribution in [2.75, 3.05) is 5.75 Å². The molecule has 1 heterocycles. The minimum Gasteiger partial charge on any atom is -0.318 e. The van der Waals surface area contributed by atoms with Gasteiger partial charge in [0.2, 0.25) is 5.91 Å². The van der Waals surface area contributed by atoms with Crippen molar-refractivity contribution in [3.63, 3.8) is 0 Å². The molecule has 1 aromatic heterocycles. The number of benzene rings is 2. The number of nitrogens with zero attached hydrogens (tertiary/aromatic N) is 2. The Hall–Kier alpha value is -2.86. The number of aryl methyl sites for hydroxylation is 2. The summed E-state index contributed by atoms with van der Waals surface area (Å²) < 4.78 is 15.2. The molecule has 3 aromatic rings. The van der Waals surface area contributed by atoms with Crippen LogP contribution in [0.15, 0.2) is 59.7 Å². The summed E-state index contributed by atoms with van der Waals surface area (Å²) in [5.74, 6) is 0.747. The molecule has 0 aliphatic heterocycles. The largest absolute Gasteiger partial charge is 0.318 e. The van der Waals surface area contributed by atoms with Crippen LogP contribution in [-0.2, 0) is 10.5 Å². The van der Waals surface area contributed by atoms with Gasteiger partial charge in [0, 0.05) is 28.4 Å². The highest BCUT2D eigenvalue weighted by Crippen LogP contribution is 2.20. The molecule has 6 heteroatoms. The predicted molar refractivity (Wildman–Crippen MR) is 118 cm³/mol. The fraction of sp³-hybridized carbons (Fsp3) is 0.217. The molecule has 0 saturated carbocycles. The van der Waals surface area contributed by atoms with Gasteiger partial charge in [0.1, 0.15) is 5.82 Å². The topological polar surface area (TPSA) is 46.4 Å². The number of nitrogens with one attached hydrogen (secondary N) is 1. The Labute approximate surface area is 174 Å². The lowest BCUT2D eigenvalue weighted by atomic mass is 10.1. The van der Waals surface area contributed by atoms with Crippen molar-refractivity contribution < 1.29 is 9.18 Å². The molecular formula is C23H24FN3OS. The van der Waals surface area contributed by atoms with Crippen LogP contribution in [0, 0.1) is 26.6 Å². The summed E-state index contributed by atoms with van der Waals surface area (Å²) in [5.41, 5.74) is 8.83. The van der Waals surface area contributed by atoms with Gasteiger partial charge in [-0.25, -0.2) is 9.82 Å². The summed E-state index contributed by atoms with van der Waals surface area (Å²) in [4.78, 5) is 12.0. The lowest BCUT2D eigenvalue weighted by molar-refractivity contribution is -0.118. The second-order valence-corrected chi connectivity index (χ2v) is 7.84. The predicted octanol–water partition coefficient (Wildman–Crippen LogP) is 4.93. The van der Waals surface area contributed by atoms with Crippen LogP contribution in [0.3, 0.4) is 0 Å². The molecule has 0 aliphatic rings. The summed E-state index contributed by atoms with van der Waals surface area (Å²) >= 11 is 1.56. The standard InChI is InChI=1S/C23H24FN3OS/c1-16-6-4-5-7-19(16)14-29-15-23(28)26-25-13-20-12-17(2)27(18(20)3)22-10-8-21(24)9-11-22/h4-13H,14-15H2,1-3H3,(H,26,28)/b25-13-. The van der Waals surface area contributed by atoms with Gasteiger partial charge in [-0.2, -0.15) is 5.10 Å². The lowest BCUT2D eigenvalue weighted by Crippen LogP contribution is -2.19. The normalized spacial score (nSPS) is 11.2. The lowest BCUT2D eigenvalue weighted by Gasteiger charge is -2.09. The van der Waals surface area contributed by atoms with E-state index in [-0.39, 0.29) is 11.7 Å². The second kappa shape index (κ2) is 9.56. The van der Waals surface area contributed by atoms with Gasteiger partial charge < -0.3 is 4.57 Å². The molecule has 29 heavy (non-hydrogen) atoms. The summed E-state index contributed by atoms with van der Waals surface area (Å²) in [7, 11) is 0. The number of carbonyl (C=O) groups excluding carboxylic acids is 1. The highest BCUT2D eigenvalue weighted by molar-refractivity contribution is 7.99. The molecular weight excluding hydrogens is 385 g/mol. The molecule has 0 unspecified atom stereocenters. The Balaban J connectivity index is 1.56. The average Bonchev–Trinajstić information content (AvgIpc) is 2.98. The van der Waals surface area contributed by atoms with Crippen molar-refractivity contribution in [2.45, 2.75) is 26.5 Å². The van der Waals surface area contributed by atoms with E-state index in [1.54, 1.807) is 30.1 Å². The fourth-order valence-electron chi connectivity index (χ4n) is 3.14. The van der Waals surface area contributed by atoms with Crippen LogP contribution in [0.2, 0.25) is 0 Å². The number of hydrazone groups is 1. The number of hydrogen-bond acceptors (Lipinski definition) is 3. The molecule has 2 aromatic carbocycles. The van der Waals surface area contributed by atoms with Crippen LogP contribution >= 0.6 is 11.8 Å². The zero-order valence-electron chi connectivity index (χ0n) is 16.8. The number of carbonyl (C=O) groups is 1. The van der Waals surface area contributed by atoms with Crippen LogP contribution in [0.1, 0.15) is 28.1 Å². The zero-order valence-corrected chi connectivity index (χ0v) is 17.6. The molecule has 0 spiro atoms. The van der Waals surface area contributed by atoms with Gasteiger partial charge in [-0.15, -0.1) is 11.8 Å². The SMILES string of the molecule is Cc1ccccc1CSCC(=O)N/N=C\c1cc(C)n(-c2ccc(F)cc2)c1C. The molecule has 1 amide bonds. The molecule has 0 radical (unpaired) electrons. The van der Waals surface area contributed by atoms with Gasteiger partial charge in [-0.05, 0) is 62.2 Å². The summed E-state index contributed by atoms with van der Waals surface area (Å²) in [5, 5.41) is 4.10. The van der Waals surface area contributed by atoms with E-state index in [0.29, 0.717) is 5.75 Å². The maximum absolute atomic E-state index is 13.2. The first-order valence-electron chi connectivity index (χ1n) is 9.34. The van der Waals surface area contributed by atoms with Crippen LogP contribution in [0.25, 0.3) is 5.69 Å². The minimum absolute atomic E-state index is 0.132. The Morgan fingerprint density at radius 2 is 1.86 bits per heavy atom. The first kappa shape index (κ1) is 20.9. The number of aromatic nitrogens is 1. The highest BCUT2D eigenvalue weighted by Gasteiger charge is 2.10. The van der Waals surface area contributed by atoms with Crippen molar-refractivity contribution in [1.82, 2.24) is 9.99 Å².